The minimum atomic E-state index is -4.00. The van der Waals surface area contributed by atoms with Crippen molar-refractivity contribution in [3.63, 3.8) is 0 Å². The van der Waals surface area contributed by atoms with Gasteiger partial charge < -0.3 is 4.74 Å². The van der Waals surface area contributed by atoms with Crippen LogP contribution in [-0.2, 0) is 14.8 Å². The molecule has 0 spiro atoms. The van der Waals surface area contributed by atoms with Crippen LogP contribution >= 0.6 is 0 Å². The summed E-state index contributed by atoms with van der Waals surface area (Å²) in [6.45, 7) is 3.58. The van der Waals surface area contributed by atoms with E-state index in [1.54, 1.807) is 13.8 Å². The van der Waals surface area contributed by atoms with Crippen LogP contribution in [-0.4, -0.2) is 34.5 Å². The Morgan fingerprint density at radius 1 is 1.40 bits per heavy atom. The highest BCUT2D eigenvalue weighted by molar-refractivity contribution is 7.89. The van der Waals surface area contributed by atoms with Gasteiger partial charge in [-0.25, -0.2) is 17.5 Å². The lowest BCUT2D eigenvalue weighted by molar-refractivity contribution is 0.0939. The molecule has 0 bridgehead atoms. The van der Waals surface area contributed by atoms with E-state index >= 15 is 0 Å². The lowest BCUT2D eigenvalue weighted by atomic mass is 10.0. The van der Waals surface area contributed by atoms with Crippen LogP contribution in [0, 0.1) is 11.7 Å². The molecule has 1 N–H and O–H groups in total. The zero-order valence-electron chi connectivity index (χ0n) is 11.6. The zero-order chi connectivity index (χ0) is 15.3. The molecule has 0 aliphatic rings. The predicted octanol–water partition coefficient (Wildman–Crippen LogP) is 1.59. The Labute approximate surface area is 118 Å². The summed E-state index contributed by atoms with van der Waals surface area (Å²) in [5.74, 6) is -1.42. The first-order valence-corrected chi connectivity index (χ1v) is 7.60. The Bertz CT molecular complexity index is 584. The molecule has 0 amide bonds. The topological polar surface area (TPSA) is 72.5 Å². The third-order valence-corrected chi connectivity index (χ3v) is 4.10. The number of nitrogens with one attached hydrogen (secondary N) is 1. The van der Waals surface area contributed by atoms with Gasteiger partial charge in [-0.3, -0.25) is 4.79 Å². The number of hydrogen-bond acceptors (Lipinski definition) is 4. The summed E-state index contributed by atoms with van der Waals surface area (Å²) < 4.78 is 44.5. The van der Waals surface area contributed by atoms with Gasteiger partial charge in [-0.05, 0) is 18.2 Å². The van der Waals surface area contributed by atoms with Crippen molar-refractivity contribution in [2.45, 2.75) is 18.7 Å². The van der Waals surface area contributed by atoms with Crippen molar-refractivity contribution in [1.82, 2.24) is 4.72 Å². The van der Waals surface area contributed by atoms with Gasteiger partial charge in [0.25, 0.3) is 0 Å². The largest absolute Gasteiger partial charge is 0.383 e. The second-order valence-electron chi connectivity index (χ2n) is 4.55. The molecule has 0 aliphatic carbocycles. The van der Waals surface area contributed by atoms with E-state index in [0.717, 1.165) is 12.1 Å². The van der Waals surface area contributed by atoms with Gasteiger partial charge in [0.15, 0.2) is 5.78 Å². The predicted molar refractivity (Wildman–Crippen MR) is 72.6 cm³/mol. The maximum atomic E-state index is 13.7. The minimum Gasteiger partial charge on any atom is -0.383 e. The molecule has 112 valence electrons. The molecule has 0 radical (unpaired) electrons. The summed E-state index contributed by atoms with van der Waals surface area (Å²) in [6, 6.07) is 3.33. The lowest BCUT2D eigenvalue weighted by Gasteiger charge is -2.10. The van der Waals surface area contributed by atoms with E-state index in [0.29, 0.717) is 0 Å². The highest BCUT2D eigenvalue weighted by Gasteiger charge is 2.21. The number of rotatable bonds is 7. The third-order valence-electron chi connectivity index (χ3n) is 2.63. The maximum Gasteiger partial charge on any atom is 0.243 e. The normalized spacial score (nSPS) is 11.8. The van der Waals surface area contributed by atoms with Crippen LogP contribution in [0.1, 0.15) is 24.2 Å². The van der Waals surface area contributed by atoms with Gasteiger partial charge in [0.1, 0.15) is 10.7 Å². The SMILES string of the molecule is COCCNS(=O)(=O)c1cc(C(=O)C(C)C)ccc1F. The molecular weight excluding hydrogens is 285 g/mol. The molecule has 0 heterocycles. The Morgan fingerprint density at radius 2 is 2.05 bits per heavy atom. The summed E-state index contributed by atoms with van der Waals surface area (Å²) in [5.41, 5.74) is 0.175. The Morgan fingerprint density at radius 3 is 2.60 bits per heavy atom. The molecule has 1 aromatic rings. The summed E-state index contributed by atoms with van der Waals surface area (Å²) in [7, 11) is -2.57. The average molecular weight is 303 g/mol. The van der Waals surface area contributed by atoms with Crippen molar-refractivity contribution in [2.75, 3.05) is 20.3 Å². The average Bonchev–Trinajstić information content (AvgIpc) is 2.38. The van der Waals surface area contributed by atoms with E-state index in [-0.39, 0.29) is 30.4 Å². The molecule has 20 heavy (non-hydrogen) atoms. The number of ketones is 1. The van der Waals surface area contributed by atoms with Crippen LogP contribution in [0.5, 0.6) is 0 Å². The molecule has 5 nitrogen and oxygen atoms in total. The fourth-order valence-corrected chi connectivity index (χ4v) is 2.67. The number of carbonyl (C=O) groups is 1. The molecule has 0 aromatic heterocycles. The van der Waals surface area contributed by atoms with Crippen molar-refractivity contribution in [3.05, 3.63) is 29.6 Å². The van der Waals surface area contributed by atoms with E-state index < -0.39 is 20.7 Å². The first-order chi connectivity index (χ1) is 9.29. The molecule has 1 aromatic carbocycles. The van der Waals surface area contributed by atoms with E-state index in [2.05, 4.69) is 4.72 Å². The highest BCUT2D eigenvalue weighted by atomic mass is 32.2. The molecule has 1 rings (SSSR count). The molecular formula is C13H18FNO4S. The molecule has 0 atom stereocenters. The van der Waals surface area contributed by atoms with Crippen LogP contribution in [0.4, 0.5) is 4.39 Å². The van der Waals surface area contributed by atoms with Crippen molar-refractivity contribution in [1.29, 1.82) is 0 Å². The van der Waals surface area contributed by atoms with Crippen LogP contribution in [0.25, 0.3) is 0 Å². The highest BCUT2D eigenvalue weighted by Crippen LogP contribution is 2.18. The van der Waals surface area contributed by atoms with Gasteiger partial charge in [0.05, 0.1) is 6.61 Å². The van der Waals surface area contributed by atoms with Crippen molar-refractivity contribution in [2.24, 2.45) is 5.92 Å². The van der Waals surface area contributed by atoms with E-state index in [1.807, 2.05) is 0 Å². The van der Waals surface area contributed by atoms with Crippen molar-refractivity contribution < 1.29 is 22.3 Å². The smallest absolute Gasteiger partial charge is 0.243 e. The third kappa shape index (κ3) is 4.09. The van der Waals surface area contributed by atoms with Gasteiger partial charge in [0.2, 0.25) is 10.0 Å². The molecule has 0 saturated heterocycles. The lowest BCUT2D eigenvalue weighted by Crippen LogP contribution is -2.28. The van der Waals surface area contributed by atoms with Gasteiger partial charge >= 0.3 is 0 Å². The Kier molecular flexibility index (Phi) is 5.79. The van der Waals surface area contributed by atoms with E-state index in [9.17, 15) is 17.6 Å². The quantitative estimate of drug-likeness (QED) is 0.613. The first-order valence-electron chi connectivity index (χ1n) is 6.12. The number of ether oxygens (including phenoxy) is 1. The summed E-state index contributed by atoms with van der Waals surface area (Å²) >= 11 is 0. The number of benzene rings is 1. The number of hydrogen-bond donors (Lipinski definition) is 1. The molecule has 0 fully saturated rings. The van der Waals surface area contributed by atoms with Crippen LogP contribution < -0.4 is 4.72 Å². The molecule has 0 unspecified atom stereocenters. The Hall–Kier alpha value is -1.31. The Balaban J connectivity index is 3.11. The van der Waals surface area contributed by atoms with Gasteiger partial charge in [-0.1, -0.05) is 13.8 Å². The zero-order valence-corrected chi connectivity index (χ0v) is 12.5. The summed E-state index contributed by atoms with van der Waals surface area (Å²) in [5, 5.41) is 0. The standard InChI is InChI=1S/C13H18FNO4S/c1-9(2)13(16)10-4-5-11(14)12(8-10)20(17,18)15-6-7-19-3/h4-5,8-9,15H,6-7H2,1-3H3. The number of Topliss-reactive ketones (excluding diaryl/α,β-unsaturated/α-hetero) is 1. The van der Waals surface area contributed by atoms with Gasteiger partial charge in [-0.15, -0.1) is 0 Å². The van der Waals surface area contributed by atoms with Crippen LogP contribution in [0.2, 0.25) is 0 Å². The number of sulfonamides is 1. The molecule has 0 saturated carbocycles. The van der Waals surface area contributed by atoms with Crippen molar-refractivity contribution in [3.8, 4) is 0 Å². The summed E-state index contributed by atoms with van der Waals surface area (Å²) in [4.78, 5) is 11.3. The fraction of sp³-hybridized carbons (Fsp3) is 0.462. The van der Waals surface area contributed by atoms with E-state index in [4.69, 9.17) is 4.74 Å². The minimum absolute atomic E-state index is 0.0284. The summed E-state index contributed by atoms with van der Waals surface area (Å²) in [6.07, 6.45) is 0. The number of methoxy groups -OCH3 is 1. The van der Waals surface area contributed by atoms with Crippen LogP contribution in [0.3, 0.4) is 0 Å². The second kappa shape index (κ2) is 6.92. The van der Waals surface area contributed by atoms with Gasteiger partial charge in [-0.2, -0.15) is 0 Å². The number of halogens is 1. The van der Waals surface area contributed by atoms with E-state index in [1.165, 1.54) is 13.2 Å². The maximum absolute atomic E-state index is 13.7. The molecule has 7 heteroatoms. The molecule has 0 aliphatic heterocycles. The first kappa shape index (κ1) is 16.7. The fourth-order valence-electron chi connectivity index (χ4n) is 1.55. The number of carbonyl (C=O) groups excluding carboxylic acids is 1. The monoisotopic (exact) mass is 303 g/mol. The van der Waals surface area contributed by atoms with Crippen molar-refractivity contribution >= 4 is 15.8 Å². The second-order valence-corrected chi connectivity index (χ2v) is 6.29. The van der Waals surface area contributed by atoms with Gasteiger partial charge in [0, 0.05) is 25.1 Å². The van der Waals surface area contributed by atoms with Crippen LogP contribution in [0.15, 0.2) is 23.1 Å².